The molecule has 0 bridgehead atoms. The Balaban J connectivity index is 2.97. The van der Waals surface area contributed by atoms with Gasteiger partial charge in [0.25, 0.3) is 10.1 Å². The first-order chi connectivity index (χ1) is 14.6. The molecule has 0 aromatic carbocycles. The van der Waals surface area contributed by atoms with Gasteiger partial charge in [0.05, 0.1) is 25.5 Å². The van der Waals surface area contributed by atoms with Crippen LogP contribution in [0.1, 0.15) is 74.7 Å². The number of nitrogens with zero attached hydrogens (tertiary/aromatic N) is 1. The van der Waals surface area contributed by atoms with Crippen LogP contribution in [0.2, 0.25) is 18.1 Å². The van der Waals surface area contributed by atoms with Crippen molar-refractivity contribution in [2.45, 2.75) is 110 Å². The van der Waals surface area contributed by atoms with Gasteiger partial charge in [-0.15, -0.1) is 0 Å². The third-order valence-electron chi connectivity index (χ3n) is 6.31. The number of ether oxygens (including phenoxy) is 2. The molecule has 10 heteroatoms. The molecule has 8 nitrogen and oxygen atoms in total. The van der Waals surface area contributed by atoms with Gasteiger partial charge in [-0.05, 0) is 77.9 Å². The lowest BCUT2D eigenvalue weighted by atomic mass is 9.95. The molecule has 1 fully saturated rings. The van der Waals surface area contributed by atoms with Crippen molar-refractivity contribution in [3.63, 3.8) is 0 Å². The zero-order valence-corrected chi connectivity index (χ0v) is 24.4. The first-order valence-corrected chi connectivity index (χ1v) is 16.5. The number of amides is 1. The summed E-state index contributed by atoms with van der Waals surface area (Å²) in [5.41, 5.74) is -1.37. The van der Waals surface area contributed by atoms with Crippen molar-refractivity contribution in [3.8, 4) is 0 Å². The van der Waals surface area contributed by atoms with Crippen LogP contribution < -0.4 is 0 Å². The van der Waals surface area contributed by atoms with Crippen LogP contribution in [0.3, 0.4) is 0 Å². The molecule has 1 amide bonds. The Labute approximate surface area is 202 Å². The highest BCUT2D eigenvalue weighted by molar-refractivity contribution is 7.85. The standard InChI is InChI=1S/C23H47NO7SSi/c1-21(2,3)31-20(25)24-19(17-28-23(24,7)8)15-18(13-12-14-29-32(9,26)27)16-30-33(10,11)22(4,5)6/h18-19H,12-17H2,1-11H3. The van der Waals surface area contributed by atoms with Crippen LogP contribution in [0, 0.1) is 5.92 Å². The van der Waals surface area contributed by atoms with E-state index < -0.39 is 29.8 Å². The zero-order valence-electron chi connectivity index (χ0n) is 22.6. The molecule has 2 atom stereocenters. The summed E-state index contributed by atoms with van der Waals surface area (Å²) in [6.07, 6.45) is 2.66. The summed E-state index contributed by atoms with van der Waals surface area (Å²) < 4.78 is 45.7. The topological polar surface area (TPSA) is 91.4 Å². The summed E-state index contributed by atoms with van der Waals surface area (Å²) in [5, 5.41) is 0.0813. The first kappa shape index (κ1) is 30.3. The van der Waals surface area contributed by atoms with Crippen LogP contribution in [0.25, 0.3) is 0 Å². The fourth-order valence-electron chi connectivity index (χ4n) is 3.52. The molecular weight excluding hydrogens is 462 g/mol. The molecule has 0 spiro atoms. The summed E-state index contributed by atoms with van der Waals surface area (Å²) in [6.45, 7) is 21.4. The molecule has 0 saturated carbocycles. The number of rotatable bonds is 10. The van der Waals surface area contributed by atoms with E-state index in [1.807, 2.05) is 34.6 Å². The van der Waals surface area contributed by atoms with Gasteiger partial charge in [0.15, 0.2) is 8.32 Å². The van der Waals surface area contributed by atoms with Crippen LogP contribution >= 0.6 is 0 Å². The minimum absolute atomic E-state index is 0.0813. The Morgan fingerprint density at radius 3 is 2.24 bits per heavy atom. The Morgan fingerprint density at radius 2 is 1.76 bits per heavy atom. The minimum Gasteiger partial charge on any atom is -0.444 e. The van der Waals surface area contributed by atoms with E-state index in [9.17, 15) is 13.2 Å². The van der Waals surface area contributed by atoms with E-state index in [4.69, 9.17) is 18.1 Å². The monoisotopic (exact) mass is 509 g/mol. The van der Waals surface area contributed by atoms with Gasteiger partial charge in [0, 0.05) is 6.61 Å². The third-order valence-corrected chi connectivity index (χ3v) is 11.4. The SMILES string of the molecule is CC(C)(C)OC(=O)N1C(CC(CCCOS(C)(=O)=O)CO[Si](C)(C)C(C)(C)C)COC1(C)C. The van der Waals surface area contributed by atoms with E-state index in [1.54, 1.807) is 4.90 Å². The molecule has 1 rings (SSSR count). The van der Waals surface area contributed by atoms with Crippen molar-refractivity contribution in [2.75, 3.05) is 26.1 Å². The van der Waals surface area contributed by atoms with Crippen LogP contribution in [0.5, 0.6) is 0 Å². The molecule has 1 aliphatic heterocycles. The van der Waals surface area contributed by atoms with Crippen molar-refractivity contribution in [3.05, 3.63) is 0 Å². The van der Waals surface area contributed by atoms with Gasteiger partial charge in [-0.3, -0.25) is 9.08 Å². The molecule has 2 unspecified atom stereocenters. The number of hydrogen-bond donors (Lipinski definition) is 0. The lowest BCUT2D eigenvalue weighted by molar-refractivity contribution is -0.0633. The second kappa shape index (κ2) is 10.9. The molecule has 1 heterocycles. The maximum absolute atomic E-state index is 13.0. The van der Waals surface area contributed by atoms with Gasteiger partial charge >= 0.3 is 6.09 Å². The summed E-state index contributed by atoms with van der Waals surface area (Å²) >= 11 is 0. The van der Waals surface area contributed by atoms with Crippen molar-refractivity contribution in [1.82, 2.24) is 4.90 Å². The smallest absolute Gasteiger partial charge is 0.412 e. The molecular formula is C23H47NO7SSi. The Hall–Kier alpha value is -0.683. The largest absolute Gasteiger partial charge is 0.444 e. The minimum atomic E-state index is -3.47. The third kappa shape index (κ3) is 10.2. The van der Waals surface area contributed by atoms with Gasteiger partial charge in [-0.1, -0.05) is 20.8 Å². The van der Waals surface area contributed by atoms with E-state index in [0.29, 0.717) is 26.1 Å². The molecule has 33 heavy (non-hydrogen) atoms. The van der Waals surface area contributed by atoms with Gasteiger partial charge in [0.1, 0.15) is 11.3 Å². The second-order valence-electron chi connectivity index (χ2n) is 12.1. The predicted octanol–water partition coefficient (Wildman–Crippen LogP) is 5.14. The number of carbonyl (C=O) groups is 1. The van der Waals surface area contributed by atoms with Crippen molar-refractivity contribution < 1.29 is 31.3 Å². The molecule has 0 radical (unpaired) electrons. The zero-order chi connectivity index (χ0) is 25.9. The second-order valence-corrected chi connectivity index (χ2v) is 18.6. The maximum Gasteiger partial charge on any atom is 0.412 e. The molecule has 196 valence electrons. The van der Waals surface area contributed by atoms with E-state index in [-0.39, 0.29) is 29.7 Å². The summed E-state index contributed by atoms with van der Waals surface area (Å²) in [4.78, 5) is 14.7. The van der Waals surface area contributed by atoms with E-state index in [2.05, 4.69) is 33.9 Å². The predicted molar refractivity (Wildman–Crippen MR) is 133 cm³/mol. The summed E-state index contributed by atoms with van der Waals surface area (Å²) in [7, 11) is -5.43. The lowest BCUT2D eigenvalue weighted by Crippen LogP contribution is -2.50. The summed E-state index contributed by atoms with van der Waals surface area (Å²) in [5.74, 6) is 0.120. The van der Waals surface area contributed by atoms with Gasteiger partial charge < -0.3 is 13.9 Å². The average molecular weight is 510 g/mol. The molecule has 0 aromatic rings. The normalized spacial score (nSPS) is 20.7. The Morgan fingerprint density at radius 1 is 1.18 bits per heavy atom. The van der Waals surface area contributed by atoms with Crippen molar-refractivity contribution in [2.24, 2.45) is 5.92 Å². The molecule has 0 aromatic heterocycles. The van der Waals surface area contributed by atoms with Crippen molar-refractivity contribution >= 4 is 24.5 Å². The van der Waals surface area contributed by atoms with E-state index in [1.165, 1.54) is 0 Å². The van der Waals surface area contributed by atoms with Crippen LogP contribution in [-0.4, -0.2) is 71.2 Å². The highest BCUT2D eigenvalue weighted by atomic mass is 32.2. The van der Waals surface area contributed by atoms with E-state index in [0.717, 1.165) is 12.7 Å². The van der Waals surface area contributed by atoms with Gasteiger partial charge in [-0.2, -0.15) is 8.42 Å². The van der Waals surface area contributed by atoms with Gasteiger partial charge in [-0.25, -0.2) is 4.79 Å². The Bertz CT molecular complexity index is 754. The van der Waals surface area contributed by atoms with Crippen LogP contribution in [0.15, 0.2) is 0 Å². The number of carbonyl (C=O) groups excluding carboxylic acids is 1. The maximum atomic E-state index is 13.0. The summed E-state index contributed by atoms with van der Waals surface area (Å²) in [6, 6.07) is -0.154. The molecule has 0 aliphatic carbocycles. The quantitative estimate of drug-likeness (QED) is 0.229. The average Bonchev–Trinajstić information content (AvgIpc) is 2.87. The lowest BCUT2D eigenvalue weighted by Gasteiger charge is -2.38. The van der Waals surface area contributed by atoms with Crippen LogP contribution in [0.4, 0.5) is 4.79 Å². The number of hydrogen-bond acceptors (Lipinski definition) is 7. The highest BCUT2D eigenvalue weighted by Crippen LogP contribution is 2.38. The van der Waals surface area contributed by atoms with E-state index >= 15 is 0 Å². The molecule has 1 saturated heterocycles. The fraction of sp³-hybridized carbons (Fsp3) is 0.957. The molecule has 1 aliphatic rings. The highest BCUT2D eigenvalue weighted by Gasteiger charge is 2.46. The van der Waals surface area contributed by atoms with Gasteiger partial charge in [0.2, 0.25) is 0 Å². The molecule has 0 N–H and O–H groups in total. The first-order valence-electron chi connectivity index (χ1n) is 11.8. The fourth-order valence-corrected chi connectivity index (χ4v) is 5.02. The Kier molecular flexibility index (Phi) is 10.1. The van der Waals surface area contributed by atoms with Crippen molar-refractivity contribution in [1.29, 1.82) is 0 Å². The van der Waals surface area contributed by atoms with Crippen LogP contribution in [-0.2, 0) is 28.2 Å².